The van der Waals surface area contributed by atoms with Crippen LogP contribution in [0.4, 0.5) is 5.69 Å². The standard InChI is InChI=1S/C12H19N5O/c1-8-5-11(16-13)10(6-14-8)12(18)15-9-3-4-17(2)7-9/h5-6,9H,3-4,7,13H2,1-2H3,(H,14,16)(H,15,18). The molecule has 6 heteroatoms. The van der Waals surface area contributed by atoms with E-state index in [-0.39, 0.29) is 11.9 Å². The zero-order chi connectivity index (χ0) is 13.1. The van der Waals surface area contributed by atoms with E-state index < -0.39 is 0 Å². The van der Waals surface area contributed by atoms with Crippen LogP contribution in [0, 0.1) is 6.92 Å². The number of hydrazine groups is 1. The first-order valence-electron chi connectivity index (χ1n) is 6.03. The van der Waals surface area contributed by atoms with Gasteiger partial charge in [0.25, 0.3) is 5.91 Å². The third-order valence-corrected chi connectivity index (χ3v) is 3.17. The summed E-state index contributed by atoms with van der Waals surface area (Å²) in [5, 5.41) is 3.00. The number of nitrogens with one attached hydrogen (secondary N) is 2. The van der Waals surface area contributed by atoms with E-state index in [1.54, 1.807) is 12.3 Å². The predicted octanol–water partition coefficient (Wildman–Crippen LogP) is 0.110. The van der Waals surface area contributed by atoms with Gasteiger partial charge in [-0.1, -0.05) is 0 Å². The van der Waals surface area contributed by atoms with E-state index in [2.05, 4.69) is 20.6 Å². The minimum atomic E-state index is -0.129. The molecule has 6 nitrogen and oxygen atoms in total. The number of anilines is 1. The van der Waals surface area contributed by atoms with Gasteiger partial charge in [0.05, 0.1) is 11.3 Å². The van der Waals surface area contributed by atoms with Crippen LogP contribution in [-0.2, 0) is 0 Å². The molecule has 0 saturated carbocycles. The van der Waals surface area contributed by atoms with Gasteiger partial charge in [-0.3, -0.25) is 15.6 Å². The third-order valence-electron chi connectivity index (χ3n) is 3.17. The molecule has 18 heavy (non-hydrogen) atoms. The average molecular weight is 249 g/mol. The van der Waals surface area contributed by atoms with E-state index in [0.29, 0.717) is 11.3 Å². The number of nitrogens with zero attached hydrogens (tertiary/aromatic N) is 2. The molecule has 1 aliphatic heterocycles. The van der Waals surface area contributed by atoms with Crippen LogP contribution in [0.1, 0.15) is 22.5 Å². The Bertz CT molecular complexity index is 448. The Morgan fingerprint density at radius 2 is 2.39 bits per heavy atom. The maximum absolute atomic E-state index is 12.1. The quantitative estimate of drug-likeness (QED) is 0.523. The van der Waals surface area contributed by atoms with E-state index in [9.17, 15) is 4.79 Å². The summed E-state index contributed by atoms with van der Waals surface area (Å²) in [6.45, 7) is 3.75. The Hall–Kier alpha value is -1.66. The second kappa shape index (κ2) is 5.32. The molecule has 0 radical (unpaired) electrons. The summed E-state index contributed by atoms with van der Waals surface area (Å²) in [7, 11) is 2.05. The molecule has 0 bridgehead atoms. The second-order valence-corrected chi connectivity index (χ2v) is 4.74. The summed E-state index contributed by atoms with van der Waals surface area (Å²) in [5.74, 6) is 5.29. The van der Waals surface area contributed by atoms with Gasteiger partial charge in [-0.05, 0) is 33.0 Å². The maximum Gasteiger partial charge on any atom is 0.255 e. The molecule has 4 N–H and O–H groups in total. The number of pyridine rings is 1. The van der Waals surface area contributed by atoms with Gasteiger partial charge >= 0.3 is 0 Å². The smallest absolute Gasteiger partial charge is 0.255 e. The van der Waals surface area contributed by atoms with E-state index in [0.717, 1.165) is 25.2 Å². The van der Waals surface area contributed by atoms with Crippen molar-refractivity contribution in [2.45, 2.75) is 19.4 Å². The molecule has 1 saturated heterocycles. The molecule has 1 aromatic heterocycles. The van der Waals surface area contributed by atoms with E-state index in [1.165, 1.54) is 0 Å². The van der Waals surface area contributed by atoms with Crippen molar-refractivity contribution < 1.29 is 4.79 Å². The van der Waals surface area contributed by atoms with Gasteiger partial charge in [-0.25, -0.2) is 0 Å². The third kappa shape index (κ3) is 2.77. The van der Waals surface area contributed by atoms with Crippen LogP contribution in [-0.4, -0.2) is 42.0 Å². The number of hydrogen-bond acceptors (Lipinski definition) is 5. The molecule has 1 aromatic rings. The Kier molecular flexibility index (Phi) is 3.78. The summed E-state index contributed by atoms with van der Waals surface area (Å²) in [4.78, 5) is 18.5. The molecular formula is C12H19N5O. The minimum Gasteiger partial charge on any atom is -0.348 e. The number of carbonyl (C=O) groups is 1. The van der Waals surface area contributed by atoms with Crippen molar-refractivity contribution in [3.63, 3.8) is 0 Å². The molecule has 1 fully saturated rings. The average Bonchev–Trinajstić information content (AvgIpc) is 2.74. The first kappa shape index (κ1) is 12.8. The summed E-state index contributed by atoms with van der Waals surface area (Å²) in [6, 6.07) is 1.96. The number of aryl methyl sites for hydroxylation is 1. The Morgan fingerprint density at radius 3 is 3.00 bits per heavy atom. The van der Waals surface area contributed by atoms with Crippen LogP contribution in [0.15, 0.2) is 12.3 Å². The molecule has 1 aliphatic rings. The lowest BCUT2D eigenvalue weighted by atomic mass is 10.1. The number of amides is 1. The first-order chi connectivity index (χ1) is 8.60. The van der Waals surface area contributed by atoms with E-state index in [1.807, 2.05) is 14.0 Å². The van der Waals surface area contributed by atoms with Crippen LogP contribution in [0.2, 0.25) is 0 Å². The Balaban J connectivity index is 2.09. The lowest BCUT2D eigenvalue weighted by Crippen LogP contribution is -2.37. The summed E-state index contributed by atoms with van der Waals surface area (Å²) in [5.41, 5.74) is 4.45. The van der Waals surface area contributed by atoms with Crippen LogP contribution in [0.25, 0.3) is 0 Å². The van der Waals surface area contributed by atoms with Gasteiger partial charge in [-0.15, -0.1) is 0 Å². The normalized spacial score (nSPS) is 19.8. The highest BCUT2D eigenvalue weighted by molar-refractivity contribution is 5.99. The summed E-state index contributed by atoms with van der Waals surface area (Å²) < 4.78 is 0. The highest BCUT2D eigenvalue weighted by Crippen LogP contribution is 2.15. The van der Waals surface area contributed by atoms with Crippen LogP contribution in [0.3, 0.4) is 0 Å². The molecule has 98 valence electrons. The number of likely N-dealkylation sites (N-methyl/N-ethyl adjacent to an activating group) is 1. The molecule has 0 aromatic carbocycles. The van der Waals surface area contributed by atoms with Crippen molar-refractivity contribution in [1.82, 2.24) is 15.2 Å². The first-order valence-corrected chi connectivity index (χ1v) is 6.03. The minimum absolute atomic E-state index is 0.129. The molecule has 0 spiro atoms. The SMILES string of the molecule is Cc1cc(NN)c(C(=O)NC2CCN(C)C2)cn1. The Labute approximate surface area is 107 Å². The van der Waals surface area contributed by atoms with Crippen molar-refractivity contribution in [2.75, 3.05) is 25.6 Å². The van der Waals surface area contributed by atoms with E-state index in [4.69, 9.17) is 5.84 Å². The summed E-state index contributed by atoms with van der Waals surface area (Å²) >= 11 is 0. The molecule has 0 aliphatic carbocycles. The highest BCUT2D eigenvalue weighted by atomic mass is 16.1. The van der Waals surface area contributed by atoms with Crippen LogP contribution < -0.4 is 16.6 Å². The molecular weight excluding hydrogens is 230 g/mol. The number of likely N-dealkylation sites (tertiary alicyclic amines) is 1. The fourth-order valence-corrected chi connectivity index (χ4v) is 2.18. The highest BCUT2D eigenvalue weighted by Gasteiger charge is 2.22. The fourth-order valence-electron chi connectivity index (χ4n) is 2.18. The van der Waals surface area contributed by atoms with Gasteiger partial charge in [0.1, 0.15) is 0 Å². The largest absolute Gasteiger partial charge is 0.348 e. The lowest BCUT2D eigenvalue weighted by molar-refractivity contribution is 0.0939. The van der Waals surface area contributed by atoms with E-state index >= 15 is 0 Å². The van der Waals surface area contributed by atoms with Gasteiger partial charge in [-0.2, -0.15) is 0 Å². The molecule has 1 atom stereocenters. The summed E-state index contributed by atoms with van der Waals surface area (Å²) in [6.07, 6.45) is 2.53. The van der Waals surface area contributed by atoms with Crippen molar-refractivity contribution >= 4 is 11.6 Å². The lowest BCUT2D eigenvalue weighted by Gasteiger charge is -2.14. The van der Waals surface area contributed by atoms with Crippen molar-refractivity contribution in [3.05, 3.63) is 23.5 Å². The number of carbonyl (C=O) groups excluding carboxylic acids is 1. The Morgan fingerprint density at radius 1 is 1.61 bits per heavy atom. The van der Waals surface area contributed by atoms with Crippen molar-refractivity contribution in [2.24, 2.45) is 5.84 Å². The number of aromatic nitrogens is 1. The van der Waals surface area contributed by atoms with Gasteiger partial charge in [0, 0.05) is 24.5 Å². The number of hydrogen-bond donors (Lipinski definition) is 3. The van der Waals surface area contributed by atoms with Gasteiger partial charge in [0.2, 0.25) is 0 Å². The van der Waals surface area contributed by atoms with Crippen LogP contribution >= 0.6 is 0 Å². The zero-order valence-electron chi connectivity index (χ0n) is 10.7. The monoisotopic (exact) mass is 249 g/mol. The molecule has 1 unspecified atom stereocenters. The number of nitrogens with two attached hydrogens (primary N) is 1. The molecule has 2 rings (SSSR count). The molecule has 2 heterocycles. The predicted molar refractivity (Wildman–Crippen MR) is 70.2 cm³/mol. The zero-order valence-corrected chi connectivity index (χ0v) is 10.7. The van der Waals surface area contributed by atoms with Crippen LogP contribution in [0.5, 0.6) is 0 Å². The fraction of sp³-hybridized carbons (Fsp3) is 0.500. The number of rotatable bonds is 3. The van der Waals surface area contributed by atoms with Crippen molar-refractivity contribution in [1.29, 1.82) is 0 Å². The second-order valence-electron chi connectivity index (χ2n) is 4.74. The molecule has 1 amide bonds. The number of nitrogen functional groups attached to an aromatic ring is 1. The topological polar surface area (TPSA) is 83.3 Å². The van der Waals surface area contributed by atoms with Gasteiger partial charge < -0.3 is 15.6 Å². The van der Waals surface area contributed by atoms with Gasteiger partial charge in [0.15, 0.2) is 0 Å². The van der Waals surface area contributed by atoms with Crippen molar-refractivity contribution in [3.8, 4) is 0 Å². The maximum atomic E-state index is 12.1.